The first-order valence-electron chi connectivity index (χ1n) is 8.78. The lowest BCUT2D eigenvalue weighted by Gasteiger charge is -2.08. The highest BCUT2D eigenvalue weighted by molar-refractivity contribution is 5.87. The van der Waals surface area contributed by atoms with Crippen LogP contribution in [0.1, 0.15) is 44.7 Å². The molecule has 5 nitrogen and oxygen atoms in total. The number of imidazole rings is 1. The second kappa shape index (κ2) is 7.90. The first kappa shape index (κ1) is 16.4. The highest BCUT2D eigenvalue weighted by atomic mass is 15.1. The van der Waals surface area contributed by atoms with Gasteiger partial charge in [-0.3, -0.25) is 9.55 Å². The Hall–Kier alpha value is -2.43. The fourth-order valence-electron chi connectivity index (χ4n) is 2.99. The summed E-state index contributed by atoms with van der Waals surface area (Å²) in [7, 11) is 1.90. The summed E-state index contributed by atoms with van der Waals surface area (Å²) in [5.74, 6) is 0.851. The molecule has 126 valence electrons. The third kappa shape index (κ3) is 3.55. The van der Waals surface area contributed by atoms with Crippen molar-refractivity contribution < 1.29 is 0 Å². The lowest BCUT2D eigenvalue weighted by molar-refractivity contribution is 0.628. The molecule has 0 amide bonds. The summed E-state index contributed by atoms with van der Waals surface area (Å²) < 4.78 is 2.10. The lowest BCUT2D eigenvalue weighted by Crippen LogP contribution is -2.00. The van der Waals surface area contributed by atoms with Gasteiger partial charge in [-0.05, 0) is 31.0 Å². The largest absolute Gasteiger partial charge is 0.371 e. The smallest absolute Gasteiger partial charge is 0.154 e. The fraction of sp³-hybridized carbons (Fsp3) is 0.421. The molecule has 0 unspecified atom stereocenters. The van der Waals surface area contributed by atoms with Gasteiger partial charge in [0, 0.05) is 25.1 Å². The van der Waals surface area contributed by atoms with Crippen LogP contribution in [0.3, 0.4) is 0 Å². The predicted octanol–water partition coefficient (Wildman–Crippen LogP) is 4.37. The number of nitrogens with one attached hydrogen (secondary N) is 1. The van der Waals surface area contributed by atoms with Gasteiger partial charge in [-0.2, -0.15) is 0 Å². The maximum absolute atomic E-state index is 4.74. The van der Waals surface area contributed by atoms with E-state index in [0.717, 1.165) is 34.7 Å². The number of rotatable bonds is 8. The first-order valence-corrected chi connectivity index (χ1v) is 8.78. The highest BCUT2D eigenvalue weighted by Crippen LogP contribution is 2.24. The summed E-state index contributed by atoms with van der Waals surface area (Å²) in [5.41, 5.74) is 4.18. The van der Waals surface area contributed by atoms with E-state index in [1.54, 1.807) is 12.4 Å². The zero-order chi connectivity index (χ0) is 16.8. The van der Waals surface area contributed by atoms with E-state index in [4.69, 9.17) is 4.98 Å². The Kier molecular flexibility index (Phi) is 5.41. The average molecular weight is 323 g/mol. The fourth-order valence-corrected chi connectivity index (χ4v) is 2.99. The number of anilines is 1. The molecule has 0 saturated carbocycles. The summed E-state index contributed by atoms with van der Waals surface area (Å²) in [4.78, 5) is 13.4. The topological polar surface area (TPSA) is 55.6 Å². The van der Waals surface area contributed by atoms with Crippen molar-refractivity contribution in [3.63, 3.8) is 0 Å². The Labute approximate surface area is 143 Å². The van der Waals surface area contributed by atoms with Crippen LogP contribution in [0.5, 0.6) is 0 Å². The van der Waals surface area contributed by atoms with Crippen LogP contribution >= 0.6 is 0 Å². The van der Waals surface area contributed by atoms with Crippen LogP contribution in [0.4, 0.5) is 5.82 Å². The van der Waals surface area contributed by atoms with Crippen molar-refractivity contribution in [2.45, 2.75) is 45.4 Å². The van der Waals surface area contributed by atoms with Crippen LogP contribution in [0.15, 0.2) is 36.9 Å². The van der Waals surface area contributed by atoms with Crippen LogP contribution in [0.2, 0.25) is 0 Å². The normalized spacial score (nSPS) is 11.1. The Bertz CT molecular complexity index is 779. The maximum Gasteiger partial charge on any atom is 0.154 e. The number of pyridine rings is 2. The molecule has 3 heterocycles. The number of aromatic nitrogens is 4. The summed E-state index contributed by atoms with van der Waals surface area (Å²) in [6.07, 6.45) is 12.8. The number of nitrogens with zero attached hydrogens (tertiary/aromatic N) is 4. The van der Waals surface area contributed by atoms with E-state index in [2.05, 4.69) is 32.8 Å². The Morgan fingerprint density at radius 2 is 1.88 bits per heavy atom. The zero-order valence-electron chi connectivity index (χ0n) is 14.5. The maximum atomic E-state index is 4.74. The minimum absolute atomic E-state index is 0.851. The average Bonchev–Trinajstić information content (AvgIpc) is 3.05. The van der Waals surface area contributed by atoms with E-state index in [-0.39, 0.29) is 0 Å². The monoisotopic (exact) mass is 323 g/mol. The molecule has 0 aromatic carbocycles. The molecule has 3 aromatic heterocycles. The second-order valence-corrected chi connectivity index (χ2v) is 6.06. The second-order valence-electron chi connectivity index (χ2n) is 6.06. The van der Waals surface area contributed by atoms with Crippen LogP contribution < -0.4 is 5.32 Å². The molecule has 0 fully saturated rings. The third-order valence-corrected chi connectivity index (χ3v) is 4.30. The van der Waals surface area contributed by atoms with Gasteiger partial charge in [0.25, 0.3) is 0 Å². The van der Waals surface area contributed by atoms with Crippen LogP contribution in [0.25, 0.3) is 16.7 Å². The van der Waals surface area contributed by atoms with E-state index in [9.17, 15) is 0 Å². The first-order chi connectivity index (χ1) is 11.8. The SMILES string of the molecule is CCCCCCCc1cc2c(ncn2-c2ccncc2)c(NC)n1. The van der Waals surface area contributed by atoms with Crippen LogP contribution in [-0.4, -0.2) is 26.6 Å². The van der Waals surface area contributed by atoms with Gasteiger partial charge >= 0.3 is 0 Å². The van der Waals surface area contributed by atoms with Gasteiger partial charge in [0.1, 0.15) is 11.8 Å². The van der Waals surface area contributed by atoms with E-state index in [1.807, 2.05) is 25.5 Å². The van der Waals surface area contributed by atoms with Gasteiger partial charge in [-0.1, -0.05) is 32.6 Å². The van der Waals surface area contributed by atoms with Gasteiger partial charge in [0.05, 0.1) is 11.2 Å². The van der Waals surface area contributed by atoms with Crippen LogP contribution in [-0.2, 0) is 6.42 Å². The summed E-state index contributed by atoms with van der Waals surface area (Å²) >= 11 is 0. The molecule has 3 rings (SSSR count). The molecule has 0 spiro atoms. The van der Waals surface area contributed by atoms with Crippen molar-refractivity contribution in [3.05, 3.63) is 42.6 Å². The molecule has 0 atom stereocenters. The predicted molar refractivity (Wildman–Crippen MR) is 98.7 cm³/mol. The molecular weight excluding hydrogens is 298 g/mol. The molecular formula is C19H25N5. The van der Waals surface area contributed by atoms with Crippen molar-refractivity contribution in [2.24, 2.45) is 0 Å². The molecule has 3 aromatic rings. The molecule has 0 saturated heterocycles. The number of hydrogen-bond donors (Lipinski definition) is 1. The standard InChI is InChI=1S/C19H25N5/c1-3-4-5-6-7-8-15-13-17-18(19(20-2)23-15)22-14-24(17)16-9-11-21-12-10-16/h9-14H,3-8H2,1-2H3,(H,20,23). The van der Waals surface area contributed by atoms with E-state index in [1.165, 1.54) is 32.1 Å². The Balaban J connectivity index is 1.88. The molecule has 0 aliphatic carbocycles. The van der Waals surface area contributed by atoms with Crippen molar-refractivity contribution in [2.75, 3.05) is 12.4 Å². The van der Waals surface area contributed by atoms with E-state index < -0.39 is 0 Å². The van der Waals surface area contributed by atoms with Crippen molar-refractivity contribution >= 4 is 16.9 Å². The van der Waals surface area contributed by atoms with Crippen molar-refractivity contribution in [1.29, 1.82) is 0 Å². The van der Waals surface area contributed by atoms with Crippen molar-refractivity contribution in [3.8, 4) is 5.69 Å². The molecule has 24 heavy (non-hydrogen) atoms. The van der Waals surface area contributed by atoms with Crippen molar-refractivity contribution in [1.82, 2.24) is 19.5 Å². The van der Waals surface area contributed by atoms with Gasteiger partial charge in [-0.25, -0.2) is 9.97 Å². The summed E-state index contributed by atoms with van der Waals surface area (Å²) in [5, 5.41) is 3.19. The number of aryl methyl sites for hydroxylation is 1. The van der Waals surface area contributed by atoms with E-state index in [0.29, 0.717) is 0 Å². The number of fused-ring (bicyclic) bond motifs is 1. The Morgan fingerprint density at radius 3 is 2.62 bits per heavy atom. The Morgan fingerprint density at radius 1 is 1.08 bits per heavy atom. The molecule has 0 bridgehead atoms. The molecule has 1 N–H and O–H groups in total. The molecule has 0 aliphatic rings. The van der Waals surface area contributed by atoms with Gasteiger partial charge in [0.15, 0.2) is 5.82 Å². The van der Waals surface area contributed by atoms with Gasteiger partial charge in [0.2, 0.25) is 0 Å². The minimum Gasteiger partial charge on any atom is -0.371 e. The van der Waals surface area contributed by atoms with E-state index >= 15 is 0 Å². The third-order valence-electron chi connectivity index (χ3n) is 4.30. The van der Waals surface area contributed by atoms with Crippen LogP contribution in [0, 0.1) is 0 Å². The molecule has 5 heteroatoms. The quantitative estimate of drug-likeness (QED) is 0.625. The van der Waals surface area contributed by atoms with Gasteiger partial charge < -0.3 is 5.32 Å². The number of unbranched alkanes of at least 4 members (excludes halogenated alkanes) is 4. The highest BCUT2D eigenvalue weighted by Gasteiger charge is 2.11. The zero-order valence-corrected chi connectivity index (χ0v) is 14.5. The van der Waals surface area contributed by atoms with Gasteiger partial charge in [-0.15, -0.1) is 0 Å². The minimum atomic E-state index is 0.851. The molecule has 0 radical (unpaired) electrons. The lowest BCUT2D eigenvalue weighted by atomic mass is 10.1. The number of hydrogen-bond acceptors (Lipinski definition) is 4. The summed E-state index contributed by atoms with van der Waals surface area (Å²) in [6, 6.07) is 6.15. The summed E-state index contributed by atoms with van der Waals surface area (Å²) in [6.45, 7) is 2.24. The molecule has 0 aliphatic heterocycles.